The minimum Gasteiger partial charge on any atom is -0.300 e. The van der Waals surface area contributed by atoms with E-state index in [0.29, 0.717) is 130 Å². The van der Waals surface area contributed by atoms with Crippen LogP contribution in [0, 0.1) is 176 Å². The molecule has 0 spiro atoms. The van der Waals surface area contributed by atoms with Gasteiger partial charge < -0.3 is 9.59 Å². The Bertz CT molecular complexity index is 3090. The van der Waals surface area contributed by atoms with E-state index in [1.54, 1.807) is 6.92 Å². The number of allylic oxidation sites excluding steroid dienone is 1. The molecular formula is C119H208O5. The maximum atomic E-state index is 15.0. The third kappa shape index (κ3) is 33.6. The highest BCUT2D eigenvalue weighted by Crippen LogP contribution is 2.61. The lowest BCUT2D eigenvalue weighted by atomic mass is 9.55. The summed E-state index contributed by atoms with van der Waals surface area (Å²) in [5.41, 5.74) is 2.14. The maximum absolute atomic E-state index is 15.0. The highest BCUT2D eigenvalue weighted by molar-refractivity contribution is 5.81. The fourth-order valence-corrected chi connectivity index (χ4v) is 32.0. The van der Waals surface area contributed by atoms with Crippen molar-refractivity contribution in [3.8, 4) is 0 Å². The van der Waals surface area contributed by atoms with Crippen LogP contribution in [-0.4, -0.2) is 28.9 Å². The van der Waals surface area contributed by atoms with Gasteiger partial charge in [-0.1, -0.05) is 294 Å². The summed E-state index contributed by atoms with van der Waals surface area (Å²) in [6, 6.07) is 0. The van der Waals surface area contributed by atoms with Crippen molar-refractivity contribution in [1.29, 1.82) is 0 Å². The summed E-state index contributed by atoms with van der Waals surface area (Å²) in [4.78, 5) is 69.7. The normalized spacial score (nSPS) is 35.2. The molecule has 28 atom stereocenters. The van der Waals surface area contributed by atoms with Crippen LogP contribution in [0.1, 0.15) is 534 Å². The van der Waals surface area contributed by atoms with E-state index in [1.165, 1.54) is 333 Å². The summed E-state index contributed by atoms with van der Waals surface area (Å²) in [6.45, 7) is 41.7. The lowest BCUT2D eigenvalue weighted by Gasteiger charge is -2.50. The minimum atomic E-state index is 0.0822. The van der Waals surface area contributed by atoms with E-state index in [2.05, 4.69) is 83.1 Å². The molecule has 5 heteroatoms. The van der Waals surface area contributed by atoms with E-state index in [4.69, 9.17) is 6.58 Å². The minimum absolute atomic E-state index is 0.0822. The monoisotopic (exact) mass is 1720 g/mol. The first-order chi connectivity index (χ1) is 59.4. The van der Waals surface area contributed by atoms with E-state index in [1.807, 2.05) is 13.8 Å². The molecular weight excluding hydrogens is 1510 g/mol. The highest BCUT2D eigenvalue weighted by Gasteiger charge is 2.51. The number of rotatable bonds is 41. The molecule has 0 heterocycles. The molecule has 10 aliphatic carbocycles. The fourth-order valence-electron chi connectivity index (χ4n) is 32.0. The van der Waals surface area contributed by atoms with Crippen molar-refractivity contribution in [3.05, 3.63) is 12.2 Å². The first kappa shape index (κ1) is 104. The Balaban J connectivity index is 0.935. The van der Waals surface area contributed by atoms with E-state index < -0.39 is 0 Å². The second-order valence-electron chi connectivity index (χ2n) is 51.1. The van der Waals surface area contributed by atoms with Gasteiger partial charge in [-0.25, -0.2) is 0 Å². The second-order valence-corrected chi connectivity index (χ2v) is 51.1. The first-order valence-corrected chi connectivity index (χ1v) is 56.6. The average Bonchev–Trinajstić information content (AvgIpc) is 1.28. The lowest BCUT2D eigenvalue weighted by molar-refractivity contribution is -0.127. The van der Waals surface area contributed by atoms with Crippen LogP contribution in [0.15, 0.2) is 12.2 Å². The van der Waals surface area contributed by atoms with Crippen LogP contribution in [-0.2, 0) is 24.0 Å². The number of carbonyl (C=O) groups excluding carboxylic acids is 5. The van der Waals surface area contributed by atoms with Crippen LogP contribution in [0.2, 0.25) is 0 Å². The van der Waals surface area contributed by atoms with Gasteiger partial charge in [0, 0.05) is 43.9 Å². The molecule has 0 radical (unpaired) electrons. The predicted octanol–water partition coefficient (Wildman–Crippen LogP) is 35.6. The predicted molar refractivity (Wildman–Crippen MR) is 530 cm³/mol. The number of unbranched alkanes of at least 4 members (excludes halogenated alkanes) is 10. The van der Waals surface area contributed by atoms with Crippen LogP contribution in [0.5, 0.6) is 0 Å². The molecule has 0 aliphatic heterocycles. The van der Waals surface area contributed by atoms with E-state index in [-0.39, 0.29) is 22.7 Å². The van der Waals surface area contributed by atoms with Gasteiger partial charge in [-0.2, -0.15) is 0 Å². The smallest absolute Gasteiger partial charge is 0.136 e. The van der Waals surface area contributed by atoms with Gasteiger partial charge in [0.1, 0.15) is 28.9 Å². The van der Waals surface area contributed by atoms with Gasteiger partial charge in [-0.15, -0.1) is 0 Å². The summed E-state index contributed by atoms with van der Waals surface area (Å²) in [7, 11) is 0. The largest absolute Gasteiger partial charge is 0.300 e. The number of fused-ring (bicyclic) bond motifs is 8. The Morgan fingerprint density at radius 1 is 0.484 bits per heavy atom. The Labute approximate surface area is 770 Å². The Morgan fingerprint density at radius 2 is 1.14 bits per heavy atom. The molecule has 0 aromatic carbocycles. The highest BCUT2D eigenvalue weighted by atomic mass is 16.1. The maximum Gasteiger partial charge on any atom is 0.136 e. The standard InChI is InChI=1S/C119H208O5/c1-17-18-19-20-24-28-42-93-43-29-26-30-44-94-65-69-119(16,68-63-87(5)112-82-103-48-34-36-53-110(103)114(112)78-94)115(83-118(14,15)67-64-95(77-107(123)62-57-93)70-84(2)41-27-23-21-22-25-39-66-117(11,12)13)91(9)98(58-55-86(4)92(10)122)71-85(3)72-113(104-61-60-97-45-31-32-46-99(97)80-104)111-54-38-37-51-108(111)88(6)73-101(59-56-89(7)120)100-49-40-50-105(81-100)116(124)79-96-75-102-47-33-35-52-109(102)106(76-96)74-90(8)121/h85-88,91,93-106,108-115H,2,17-83H2,1,3-16H3/t85-,86?,87?,88?,91?,93+,94-,95?,96+,97?,98?,99?,100?,101-,102?,103?,104?,105?,106?,108?,109?,110?,111?,112?,113?,114?,115-,119+/m1/s1. The molecule has 714 valence electrons. The summed E-state index contributed by atoms with van der Waals surface area (Å²) in [5.74, 6) is 19.7. The molecule has 21 unspecified atom stereocenters. The van der Waals surface area contributed by atoms with Crippen molar-refractivity contribution in [2.45, 2.75) is 534 Å². The molecule has 10 rings (SSSR count). The SMILES string of the molecule is C=C(CCCCCCCCC(C)(C)C)CC1CCC(C)(C)C[C@H](C(C)C(CCC(C)C(C)=O)C[C@@H](C)CC(C2CCC3CCCCC3C2)C2CCCCC2C(C)C[C@@H](CCC(C)=O)C2CCCC(C(=O)C[C@H]3CC4CCCCC4C(CC(C)=O)C3)C2)[C@@]2(C)CCC(C)C3CC4CCCCC4C3C[C@H](CCCCC[C@H](CCCCCCCC)CCC(=O)C1)CC2. The van der Waals surface area contributed by atoms with Gasteiger partial charge in [-0.3, -0.25) is 14.4 Å². The molecule has 0 aromatic rings. The number of Topliss-reactive ketones (excluding diaryl/α,β-unsaturated/α-hetero) is 5. The third-order valence-electron chi connectivity index (χ3n) is 39.5. The van der Waals surface area contributed by atoms with Gasteiger partial charge in [-0.05, 0) is 384 Å². The molecule has 10 aliphatic rings. The molecule has 10 fully saturated rings. The van der Waals surface area contributed by atoms with Crippen LogP contribution < -0.4 is 0 Å². The van der Waals surface area contributed by atoms with Crippen molar-refractivity contribution in [1.82, 2.24) is 0 Å². The van der Waals surface area contributed by atoms with Crippen molar-refractivity contribution in [2.75, 3.05) is 0 Å². The Hall–Kier alpha value is -1.91. The molecule has 0 amide bonds. The molecule has 5 nitrogen and oxygen atoms in total. The average molecular weight is 1720 g/mol. The second kappa shape index (κ2) is 52.7. The van der Waals surface area contributed by atoms with Gasteiger partial charge in [0.15, 0.2) is 0 Å². The Kier molecular flexibility index (Phi) is 44.2. The third-order valence-corrected chi connectivity index (χ3v) is 39.5. The summed E-state index contributed by atoms with van der Waals surface area (Å²) >= 11 is 0. The topological polar surface area (TPSA) is 85.3 Å². The number of hydrogen-bond donors (Lipinski definition) is 0. The van der Waals surface area contributed by atoms with Crippen molar-refractivity contribution in [2.24, 2.45) is 176 Å². The van der Waals surface area contributed by atoms with E-state index >= 15 is 0 Å². The van der Waals surface area contributed by atoms with Crippen molar-refractivity contribution >= 4 is 28.9 Å². The van der Waals surface area contributed by atoms with E-state index in [9.17, 15) is 24.0 Å². The fraction of sp³-hybridized carbons (Fsp3) is 0.941. The molecule has 2 bridgehead atoms. The quantitative estimate of drug-likeness (QED) is 0.0450. The van der Waals surface area contributed by atoms with Crippen LogP contribution in [0.4, 0.5) is 0 Å². The van der Waals surface area contributed by atoms with Gasteiger partial charge >= 0.3 is 0 Å². The van der Waals surface area contributed by atoms with Gasteiger partial charge in [0.25, 0.3) is 0 Å². The summed E-state index contributed by atoms with van der Waals surface area (Å²) in [5, 5.41) is 0. The van der Waals surface area contributed by atoms with Crippen LogP contribution in [0.25, 0.3) is 0 Å². The summed E-state index contributed by atoms with van der Waals surface area (Å²) < 4.78 is 0. The zero-order valence-electron chi connectivity index (χ0n) is 85.2. The molecule has 0 aromatic heterocycles. The van der Waals surface area contributed by atoms with Crippen molar-refractivity contribution in [3.63, 3.8) is 0 Å². The van der Waals surface area contributed by atoms with Gasteiger partial charge in [0.05, 0.1) is 0 Å². The zero-order valence-corrected chi connectivity index (χ0v) is 85.2. The van der Waals surface area contributed by atoms with Crippen LogP contribution in [0.3, 0.4) is 0 Å². The van der Waals surface area contributed by atoms with Crippen LogP contribution >= 0.6 is 0 Å². The number of ketones is 5. The Morgan fingerprint density at radius 3 is 1.86 bits per heavy atom. The van der Waals surface area contributed by atoms with Crippen molar-refractivity contribution < 1.29 is 24.0 Å². The first-order valence-electron chi connectivity index (χ1n) is 56.6. The molecule has 0 N–H and O–H groups in total. The molecule has 124 heavy (non-hydrogen) atoms. The van der Waals surface area contributed by atoms with E-state index in [0.717, 1.165) is 155 Å². The van der Waals surface area contributed by atoms with Gasteiger partial charge in [0.2, 0.25) is 0 Å². The number of carbonyl (C=O) groups is 5. The molecule has 0 saturated heterocycles. The molecule has 10 saturated carbocycles. The number of hydrogen-bond acceptors (Lipinski definition) is 5. The zero-order chi connectivity index (χ0) is 88.9. The lowest BCUT2D eigenvalue weighted by Crippen LogP contribution is -2.41. The summed E-state index contributed by atoms with van der Waals surface area (Å²) in [6.07, 6.45) is 85.0.